The molecule has 1 fully saturated rings. The number of morpholine rings is 1. The Morgan fingerprint density at radius 2 is 1.72 bits per heavy atom. The molecular formula is C22H24Cl3NO3. The van der Waals surface area contributed by atoms with Gasteiger partial charge in [-0.2, -0.15) is 0 Å². The predicted molar refractivity (Wildman–Crippen MR) is 118 cm³/mol. The van der Waals surface area contributed by atoms with E-state index < -0.39 is 6.10 Å². The monoisotopic (exact) mass is 455 g/mol. The Hall–Kier alpha value is -1.30. The van der Waals surface area contributed by atoms with Crippen LogP contribution in [0.1, 0.15) is 38.8 Å². The third kappa shape index (κ3) is 5.65. The third-order valence-electron chi connectivity index (χ3n) is 4.62. The Morgan fingerprint density at radius 1 is 1.07 bits per heavy atom. The van der Waals surface area contributed by atoms with Crippen molar-refractivity contribution < 1.29 is 14.3 Å². The molecule has 1 aliphatic heterocycles. The Morgan fingerprint density at radius 3 is 2.34 bits per heavy atom. The number of ether oxygens (including phenoxy) is 2. The number of hydrogen-bond acceptors (Lipinski definition) is 3. The number of amides is 1. The second kappa shape index (κ2) is 9.23. The molecule has 29 heavy (non-hydrogen) atoms. The first-order valence-electron chi connectivity index (χ1n) is 9.45. The molecule has 0 aliphatic carbocycles. The molecule has 3 rings (SSSR count). The van der Waals surface area contributed by atoms with Crippen LogP contribution in [0.5, 0.6) is 0 Å². The van der Waals surface area contributed by atoms with E-state index >= 15 is 0 Å². The number of rotatable bonds is 5. The van der Waals surface area contributed by atoms with Crippen LogP contribution in [0.15, 0.2) is 42.5 Å². The zero-order valence-corrected chi connectivity index (χ0v) is 18.9. The van der Waals surface area contributed by atoms with Crippen molar-refractivity contribution in [2.45, 2.75) is 44.9 Å². The Labute approximate surface area is 186 Å². The molecule has 0 saturated carbocycles. The van der Waals surface area contributed by atoms with Crippen LogP contribution in [0.4, 0.5) is 5.69 Å². The highest BCUT2D eigenvalue weighted by Gasteiger charge is 2.38. The van der Waals surface area contributed by atoms with Crippen molar-refractivity contribution in [3.63, 3.8) is 0 Å². The van der Waals surface area contributed by atoms with Gasteiger partial charge in [0.15, 0.2) is 0 Å². The first-order chi connectivity index (χ1) is 13.7. The van der Waals surface area contributed by atoms with E-state index in [0.29, 0.717) is 34.7 Å². The quantitative estimate of drug-likeness (QED) is 0.528. The van der Waals surface area contributed by atoms with E-state index in [-0.39, 0.29) is 17.6 Å². The second-order valence-corrected chi connectivity index (χ2v) is 9.22. The van der Waals surface area contributed by atoms with Crippen LogP contribution in [0.3, 0.4) is 0 Å². The van der Waals surface area contributed by atoms with E-state index in [1.54, 1.807) is 29.2 Å². The number of carbonyl (C=O) groups is 1. The van der Waals surface area contributed by atoms with Crippen molar-refractivity contribution in [3.05, 3.63) is 63.1 Å². The van der Waals surface area contributed by atoms with Crippen molar-refractivity contribution in [3.8, 4) is 0 Å². The average Bonchev–Trinajstić information content (AvgIpc) is 2.63. The zero-order valence-electron chi connectivity index (χ0n) is 16.6. The summed E-state index contributed by atoms with van der Waals surface area (Å²) in [4.78, 5) is 15.1. The molecule has 1 saturated heterocycles. The summed E-state index contributed by atoms with van der Waals surface area (Å²) in [7, 11) is 0. The van der Waals surface area contributed by atoms with Gasteiger partial charge in [-0.1, -0.05) is 40.9 Å². The van der Waals surface area contributed by atoms with Crippen LogP contribution in [0.2, 0.25) is 15.1 Å². The van der Waals surface area contributed by atoms with Crippen LogP contribution in [-0.2, 0) is 14.3 Å². The standard InChI is InChI=1S/C22H24Cl3NO3/c1-22(2,3)29-11-10-20-21(27)26(16-7-4-14(23)5-8-16)19(13-28-20)17-9-6-15(24)12-18(17)25/h4-9,12,19-20H,10-11,13H2,1-3H3. The van der Waals surface area contributed by atoms with Crippen LogP contribution in [-0.4, -0.2) is 30.8 Å². The first kappa shape index (κ1) is 22.4. The molecule has 2 aromatic carbocycles. The number of carbonyl (C=O) groups excluding carboxylic acids is 1. The van der Waals surface area contributed by atoms with Gasteiger partial charge in [0.1, 0.15) is 6.10 Å². The maximum absolute atomic E-state index is 13.4. The predicted octanol–water partition coefficient (Wildman–Crippen LogP) is 6.33. The highest BCUT2D eigenvalue weighted by Crippen LogP contribution is 2.37. The number of anilines is 1. The Balaban J connectivity index is 1.89. The molecule has 2 atom stereocenters. The molecule has 156 valence electrons. The van der Waals surface area contributed by atoms with Crippen LogP contribution < -0.4 is 4.90 Å². The van der Waals surface area contributed by atoms with E-state index in [4.69, 9.17) is 44.3 Å². The SMILES string of the molecule is CC(C)(C)OCCC1OCC(c2ccc(Cl)cc2Cl)N(c2ccc(Cl)cc2)C1=O. The second-order valence-electron chi connectivity index (χ2n) is 7.94. The minimum Gasteiger partial charge on any atom is -0.376 e. The maximum Gasteiger partial charge on any atom is 0.256 e. The minimum atomic E-state index is -0.588. The lowest BCUT2D eigenvalue weighted by atomic mass is 10.0. The van der Waals surface area contributed by atoms with Crippen molar-refractivity contribution >= 4 is 46.4 Å². The van der Waals surface area contributed by atoms with Gasteiger partial charge in [-0.25, -0.2) is 0 Å². The number of nitrogens with zero attached hydrogens (tertiary/aromatic N) is 1. The van der Waals surface area contributed by atoms with E-state index in [1.165, 1.54) is 0 Å². The fourth-order valence-electron chi connectivity index (χ4n) is 3.25. The smallest absolute Gasteiger partial charge is 0.256 e. The molecule has 0 N–H and O–H groups in total. The number of halogens is 3. The van der Waals surface area contributed by atoms with Gasteiger partial charge in [0.25, 0.3) is 5.91 Å². The summed E-state index contributed by atoms with van der Waals surface area (Å²) < 4.78 is 11.7. The van der Waals surface area contributed by atoms with Gasteiger partial charge in [-0.05, 0) is 62.7 Å². The highest BCUT2D eigenvalue weighted by molar-refractivity contribution is 6.35. The molecule has 1 aliphatic rings. The minimum absolute atomic E-state index is 0.132. The number of benzene rings is 2. The fourth-order valence-corrected chi connectivity index (χ4v) is 3.91. The molecule has 4 nitrogen and oxygen atoms in total. The molecule has 2 aromatic rings. The zero-order chi connectivity index (χ0) is 21.2. The van der Waals surface area contributed by atoms with Crippen molar-refractivity contribution in [2.24, 2.45) is 0 Å². The molecule has 0 aromatic heterocycles. The maximum atomic E-state index is 13.4. The fraction of sp³-hybridized carbons (Fsp3) is 0.409. The molecule has 2 unspecified atom stereocenters. The van der Waals surface area contributed by atoms with Crippen molar-refractivity contribution in [2.75, 3.05) is 18.1 Å². The molecule has 7 heteroatoms. The summed E-state index contributed by atoms with van der Waals surface area (Å²) in [6, 6.07) is 12.1. The largest absolute Gasteiger partial charge is 0.376 e. The summed E-state index contributed by atoms with van der Waals surface area (Å²) >= 11 is 18.5. The third-order valence-corrected chi connectivity index (χ3v) is 5.44. The van der Waals surface area contributed by atoms with Gasteiger partial charge in [-0.3, -0.25) is 4.79 Å². The molecule has 0 radical (unpaired) electrons. The Kier molecular flexibility index (Phi) is 7.13. The lowest BCUT2D eigenvalue weighted by Gasteiger charge is -2.40. The van der Waals surface area contributed by atoms with Crippen LogP contribution >= 0.6 is 34.8 Å². The summed E-state index contributed by atoms with van der Waals surface area (Å²) in [6.45, 7) is 6.69. The van der Waals surface area contributed by atoms with E-state index in [2.05, 4.69) is 0 Å². The van der Waals surface area contributed by atoms with Gasteiger partial charge in [0.05, 0.1) is 24.9 Å². The molecule has 1 heterocycles. The van der Waals surface area contributed by atoms with Crippen LogP contribution in [0.25, 0.3) is 0 Å². The normalized spacial score (nSPS) is 20.2. The van der Waals surface area contributed by atoms with E-state index in [1.807, 2.05) is 39.0 Å². The van der Waals surface area contributed by atoms with Crippen molar-refractivity contribution in [1.29, 1.82) is 0 Å². The average molecular weight is 457 g/mol. The summed E-state index contributed by atoms with van der Waals surface area (Å²) in [5.41, 5.74) is 1.25. The summed E-state index contributed by atoms with van der Waals surface area (Å²) in [6.07, 6.45) is -0.114. The van der Waals surface area contributed by atoms with Gasteiger partial charge >= 0.3 is 0 Å². The first-order valence-corrected chi connectivity index (χ1v) is 10.6. The van der Waals surface area contributed by atoms with Gasteiger partial charge in [0.2, 0.25) is 0 Å². The van der Waals surface area contributed by atoms with Crippen LogP contribution in [0, 0.1) is 0 Å². The summed E-state index contributed by atoms with van der Waals surface area (Å²) in [5.74, 6) is -0.132. The molecule has 0 bridgehead atoms. The molecule has 1 amide bonds. The van der Waals surface area contributed by atoms with E-state index in [0.717, 1.165) is 11.3 Å². The number of hydrogen-bond donors (Lipinski definition) is 0. The topological polar surface area (TPSA) is 38.8 Å². The van der Waals surface area contributed by atoms with Gasteiger partial charge < -0.3 is 14.4 Å². The highest BCUT2D eigenvalue weighted by atomic mass is 35.5. The lowest BCUT2D eigenvalue weighted by Crippen LogP contribution is -2.50. The van der Waals surface area contributed by atoms with Gasteiger partial charge in [0, 0.05) is 27.2 Å². The summed E-state index contributed by atoms with van der Waals surface area (Å²) in [5, 5.41) is 1.63. The van der Waals surface area contributed by atoms with Gasteiger partial charge in [-0.15, -0.1) is 0 Å². The lowest BCUT2D eigenvalue weighted by molar-refractivity contribution is -0.139. The Bertz CT molecular complexity index is 865. The molecule has 0 spiro atoms. The molecular weight excluding hydrogens is 433 g/mol. The van der Waals surface area contributed by atoms with Crippen molar-refractivity contribution in [1.82, 2.24) is 0 Å². The van der Waals surface area contributed by atoms with E-state index in [9.17, 15) is 4.79 Å².